The Morgan fingerprint density at radius 1 is 1.73 bits per heavy atom. The molecule has 0 radical (unpaired) electrons. The van der Waals surface area contributed by atoms with Crippen molar-refractivity contribution in [3.05, 3.63) is 24.2 Å². The number of nitrogens with zero attached hydrogens (tertiary/aromatic N) is 1. The second-order valence-corrected chi connectivity index (χ2v) is 3.43. The van der Waals surface area contributed by atoms with Crippen LogP contribution >= 0.6 is 0 Å². The molecule has 1 amide bonds. The molecule has 0 aromatic carbocycles. The van der Waals surface area contributed by atoms with Gasteiger partial charge in [0.15, 0.2) is 0 Å². The SMILES string of the molecule is CCC(C(=O)NN)N(C)Cc1ccco1. The second-order valence-electron chi connectivity index (χ2n) is 3.43. The predicted octanol–water partition coefficient (Wildman–Crippen LogP) is 0.480. The van der Waals surface area contributed by atoms with Crippen LogP contribution < -0.4 is 11.3 Å². The summed E-state index contributed by atoms with van der Waals surface area (Å²) < 4.78 is 5.21. The number of carbonyl (C=O) groups excluding carboxylic acids is 1. The zero-order valence-electron chi connectivity index (χ0n) is 9.06. The summed E-state index contributed by atoms with van der Waals surface area (Å²) in [7, 11) is 1.87. The van der Waals surface area contributed by atoms with Crippen LogP contribution in [0.1, 0.15) is 19.1 Å². The summed E-state index contributed by atoms with van der Waals surface area (Å²) in [5.74, 6) is 5.77. The molecule has 0 saturated carbocycles. The molecule has 0 aliphatic heterocycles. The van der Waals surface area contributed by atoms with Crippen LogP contribution in [0.4, 0.5) is 0 Å². The highest BCUT2D eigenvalue weighted by atomic mass is 16.3. The van der Waals surface area contributed by atoms with Crippen molar-refractivity contribution in [1.82, 2.24) is 10.3 Å². The van der Waals surface area contributed by atoms with Gasteiger partial charge < -0.3 is 4.42 Å². The van der Waals surface area contributed by atoms with Crippen molar-refractivity contribution in [2.75, 3.05) is 7.05 Å². The van der Waals surface area contributed by atoms with Crippen molar-refractivity contribution in [2.24, 2.45) is 5.84 Å². The van der Waals surface area contributed by atoms with Gasteiger partial charge in [0.25, 0.3) is 5.91 Å². The largest absolute Gasteiger partial charge is 0.468 e. The van der Waals surface area contributed by atoms with Crippen LogP contribution in [-0.4, -0.2) is 23.9 Å². The molecule has 1 aromatic rings. The molecule has 1 atom stereocenters. The van der Waals surface area contributed by atoms with Crippen LogP contribution in [0.5, 0.6) is 0 Å². The molecule has 0 spiro atoms. The van der Waals surface area contributed by atoms with Gasteiger partial charge in [-0.15, -0.1) is 0 Å². The number of furan rings is 1. The van der Waals surface area contributed by atoms with E-state index in [0.717, 1.165) is 5.76 Å². The number of amides is 1. The Kier molecular flexibility index (Phi) is 4.33. The summed E-state index contributed by atoms with van der Waals surface area (Å²) in [5.41, 5.74) is 2.17. The van der Waals surface area contributed by atoms with Gasteiger partial charge in [-0.05, 0) is 25.6 Å². The lowest BCUT2D eigenvalue weighted by atomic mass is 10.2. The number of hydrazine groups is 1. The van der Waals surface area contributed by atoms with E-state index >= 15 is 0 Å². The molecular formula is C10H17N3O2. The van der Waals surface area contributed by atoms with Crippen LogP contribution in [0.15, 0.2) is 22.8 Å². The van der Waals surface area contributed by atoms with Gasteiger partial charge in [-0.1, -0.05) is 6.92 Å². The van der Waals surface area contributed by atoms with Crippen LogP contribution in [-0.2, 0) is 11.3 Å². The van der Waals surface area contributed by atoms with Gasteiger partial charge in [-0.3, -0.25) is 15.1 Å². The van der Waals surface area contributed by atoms with E-state index in [-0.39, 0.29) is 11.9 Å². The third-order valence-corrected chi connectivity index (χ3v) is 2.35. The van der Waals surface area contributed by atoms with E-state index in [1.807, 2.05) is 31.0 Å². The normalized spacial score (nSPS) is 12.8. The summed E-state index contributed by atoms with van der Waals surface area (Å²) in [6.45, 7) is 2.54. The van der Waals surface area contributed by atoms with E-state index in [0.29, 0.717) is 13.0 Å². The predicted molar refractivity (Wildman–Crippen MR) is 56.6 cm³/mol. The van der Waals surface area contributed by atoms with Crippen molar-refractivity contribution in [2.45, 2.75) is 25.9 Å². The molecule has 1 unspecified atom stereocenters. The topological polar surface area (TPSA) is 71.5 Å². The van der Waals surface area contributed by atoms with Crippen LogP contribution in [0.2, 0.25) is 0 Å². The Labute approximate surface area is 89.2 Å². The Balaban J connectivity index is 2.57. The molecule has 5 heteroatoms. The van der Waals surface area contributed by atoms with Crippen molar-refractivity contribution in [1.29, 1.82) is 0 Å². The molecule has 1 rings (SSSR count). The lowest BCUT2D eigenvalue weighted by Crippen LogP contribution is -2.46. The maximum atomic E-state index is 11.4. The van der Waals surface area contributed by atoms with Gasteiger partial charge in [-0.2, -0.15) is 0 Å². The summed E-state index contributed by atoms with van der Waals surface area (Å²) in [6, 6.07) is 3.48. The zero-order valence-corrected chi connectivity index (χ0v) is 9.06. The maximum absolute atomic E-state index is 11.4. The molecule has 5 nitrogen and oxygen atoms in total. The molecule has 0 aliphatic carbocycles. The molecule has 0 saturated heterocycles. The van der Waals surface area contributed by atoms with Gasteiger partial charge in [0.2, 0.25) is 0 Å². The molecule has 3 N–H and O–H groups in total. The zero-order chi connectivity index (χ0) is 11.3. The molecular weight excluding hydrogens is 194 g/mol. The quantitative estimate of drug-likeness (QED) is 0.422. The van der Waals surface area contributed by atoms with Crippen molar-refractivity contribution >= 4 is 5.91 Å². The third kappa shape index (κ3) is 3.07. The summed E-state index contributed by atoms with van der Waals surface area (Å²) in [6.07, 6.45) is 2.33. The van der Waals surface area contributed by atoms with Crippen molar-refractivity contribution in [3.63, 3.8) is 0 Å². The standard InChI is InChI=1S/C10H17N3O2/c1-3-9(10(14)12-11)13(2)7-8-5-4-6-15-8/h4-6,9H,3,7,11H2,1-2H3,(H,12,14). The van der Waals surface area contributed by atoms with Crippen molar-refractivity contribution < 1.29 is 9.21 Å². The lowest BCUT2D eigenvalue weighted by Gasteiger charge is -2.24. The van der Waals surface area contributed by atoms with Gasteiger partial charge in [0.05, 0.1) is 18.8 Å². The fraction of sp³-hybridized carbons (Fsp3) is 0.500. The fourth-order valence-electron chi connectivity index (χ4n) is 1.55. The minimum atomic E-state index is -0.222. The number of hydrogen-bond acceptors (Lipinski definition) is 4. The smallest absolute Gasteiger partial charge is 0.251 e. The lowest BCUT2D eigenvalue weighted by molar-refractivity contribution is -0.126. The molecule has 15 heavy (non-hydrogen) atoms. The van der Waals surface area contributed by atoms with E-state index in [2.05, 4.69) is 5.43 Å². The van der Waals surface area contributed by atoms with E-state index in [1.165, 1.54) is 0 Å². The number of carbonyl (C=O) groups is 1. The van der Waals surface area contributed by atoms with Gasteiger partial charge in [0, 0.05) is 0 Å². The average Bonchev–Trinajstić information content (AvgIpc) is 2.71. The van der Waals surface area contributed by atoms with E-state index in [9.17, 15) is 4.79 Å². The number of nitrogens with two attached hydrogens (primary N) is 1. The highest BCUT2D eigenvalue weighted by Gasteiger charge is 2.20. The molecule has 1 aromatic heterocycles. The van der Waals surface area contributed by atoms with Gasteiger partial charge in [-0.25, -0.2) is 5.84 Å². The van der Waals surface area contributed by atoms with Crippen LogP contribution in [0, 0.1) is 0 Å². The van der Waals surface area contributed by atoms with Crippen LogP contribution in [0.25, 0.3) is 0 Å². The Morgan fingerprint density at radius 2 is 2.47 bits per heavy atom. The fourth-order valence-corrected chi connectivity index (χ4v) is 1.55. The Bertz CT molecular complexity index is 298. The Hall–Kier alpha value is -1.33. The number of nitrogens with one attached hydrogen (secondary N) is 1. The first-order chi connectivity index (χ1) is 7.19. The summed E-state index contributed by atoms with van der Waals surface area (Å²) >= 11 is 0. The first-order valence-electron chi connectivity index (χ1n) is 4.92. The molecule has 84 valence electrons. The molecule has 0 fully saturated rings. The van der Waals surface area contributed by atoms with Crippen LogP contribution in [0.3, 0.4) is 0 Å². The maximum Gasteiger partial charge on any atom is 0.251 e. The highest BCUT2D eigenvalue weighted by Crippen LogP contribution is 2.09. The van der Waals surface area contributed by atoms with Gasteiger partial charge in [0.1, 0.15) is 5.76 Å². The van der Waals surface area contributed by atoms with Gasteiger partial charge >= 0.3 is 0 Å². The molecule has 0 aliphatic rings. The average molecular weight is 211 g/mol. The molecule has 1 heterocycles. The first kappa shape index (κ1) is 11.7. The summed E-state index contributed by atoms with van der Waals surface area (Å²) in [5, 5.41) is 0. The minimum Gasteiger partial charge on any atom is -0.468 e. The number of rotatable bonds is 5. The third-order valence-electron chi connectivity index (χ3n) is 2.35. The Morgan fingerprint density at radius 3 is 2.93 bits per heavy atom. The van der Waals surface area contributed by atoms with E-state index < -0.39 is 0 Å². The molecule has 0 bridgehead atoms. The second kappa shape index (κ2) is 5.53. The summed E-state index contributed by atoms with van der Waals surface area (Å²) in [4.78, 5) is 13.3. The highest BCUT2D eigenvalue weighted by molar-refractivity contribution is 5.80. The van der Waals surface area contributed by atoms with Crippen molar-refractivity contribution in [3.8, 4) is 0 Å². The first-order valence-corrected chi connectivity index (χ1v) is 4.92. The monoisotopic (exact) mass is 211 g/mol. The minimum absolute atomic E-state index is 0.174. The number of hydrogen-bond donors (Lipinski definition) is 2. The van der Waals surface area contributed by atoms with E-state index in [1.54, 1.807) is 6.26 Å². The number of likely N-dealkylation sites (N-methyl/N-ethyl adjacent to an activating group) is 1. The van der Waals surface area contributed by atoms with E-state index in [4.69, 9.17) is 10.3 Å².